The van der Waals surface area contributed by atoms with Crippen LogP contribution in [-0.2, 0) is 6.42 Å². The van der Waals surface area contributed by atoms with Gasteiger partial charge in [-0.25, -0.2) is 4.79 Å². The SMILES string of the molecule is CC(S)Cc1ccc(C(=O)O)cc1. The monoisotopic (exact) mass is 196 g/mol. The third-order valence-corrected chi connectivity index (χ3v) is 1.91. The Morgan fingerprint density at radius 3 is 2.38 bits per heavy atom. The van der Waals surface area contributed by atoms with Crippen LogP contribution in [0.2, 0.25) is 0 Å². The minimum atomic E-state index is -0.884. The molecule has 1 aromatic carbocycles. The standard InChI is InChI=1S/C10H12O2S/c1-7(13)6-8-2-4-9(5-3-8)10(11)12/h2-5,7,13H,6H2,1H3,(H,11,12). The van der Waals surface area contributed by atoms with Crippen molar-refractivity contribution in [1.29, 1.82) is 0 Å². The molecule has 0 spiro atoms. The molecule has 1 aromatic rings. The van der Waals surface area contributed by atoms with Gasteiger partial charge in [0.05, 0.1) is 5.56 Å². The number of carboxylic acids is 1. The summed E-state index contributed by atoms with van der Waals surface area (Å²) in [5.74, 6) is -0.884. The average Bonchev–Trinajstić information content (AvgIpc) is 2.04. The fraction of sp³-hybridized carbons (Fsp3) is 0.300. The first kappa shape index (κ1) is 10.1. The van der Waals surface area contributed by atoms with Crippen LogP contribution in [-0.4, -0.2) is 16.3 Å². The summed E-state index contributed by atoms with van der Waals surface area (Å²) in [6.45, 7) is 2.01. The molecule has 0 saturated heterocycles. The van der Waals surface area contributed by atoms with Gasteiger partial charge in [0, 0.05) is 5.25 Å². The first-order valence-corrected chi connectivity index (χ1v) is 4.61. The van der Waals surface area contributed by atoms with E-state index in [1.54, 1.807) is 12.1 Å². The van der Waals surface area contributed by atoms with Crippen molar-refractivity contribution in [3.8, 4) is 0 Å². The summed E-state index contributed by atoms with van der Waals surface area (Å²) < 4.78 is 0. The van der Waals surface area contributed by atoms with Crippen LogP contribution in [0.4, 0.5) is 0 Å². The van der Waals surface area contributed by atoms with Gasteiger partial charge in [-0.1, -0.05) is 19.1 Å². The minimum Gasteiger partial charge on any atom is -0.478 e. The zero-order chi connectivity index (χ0) is 9.84. The van der Waals surface area contributed by atoms with Gasteiger partial charge in [0.25, 0.3) is 0 Å². The number of thiol groups is 1. The maximum Gasteiger partial charge on any atom is 0.335 e. The molecule has 0 amide bonds. The summed E-state index contributed by atoms with van der Waals surface area (Å²) in [6.07, 6.45) is 0.864. The largest absolute Gasteiger partial charge is 0.478 e. The second-order valence-corrected chi connectivity index (χ2v) is 3.94. The fourth-order valence-electron chi connectivity index (χ4n) is 1.12. The molecule has 0 aromatic heterocycles. The summed E-state index contributed by atoms with van der Waals surface area (Å²) in [7, 11) is 0. The Hall–Kier alpha value is -0.960. The fourth-order valence-corrected chi connectivity index (χ4v) is 1.34. The zero-order valence-electron chi connectivity index (χ0n) is 7.40. The van der Waals surface area contributed by atoms with Crippen molar-refractivity contribution in [3.05, 3.63) is 35.4 Å². The first-order valence-electron chi connectivity index (χ1n) is 4.10. The molecule has 0 saturated carbocycles. The molecule has 0 aliphatic heterocycles. The summed E-state index contributed by atoms with van der Waals surface area (Å²) in [4.78, 5) is 10.5. The van der Waals surface area contributed by atoms with Crippen LogP contribution in [0.15, 0.2) is 24.3 Å². The van der Waals surface area contributed by atoms with E-state index in [1.807, 2.05) is 19.1 Å². The quantitative estimate of drug-likeness (QED) is 0.727. The van der Waals surface area contributed by atoms with Crippen molar-refractivity contribution in [2.45, 2.75) is 18.6 Å². The molecule has 0 fully saturated rings. The van der Waals surface area contributed by atoms with E-state index in [1.165, 1.54) is 0 Å². The van der Waals surface area contributed by atoms with Crippen LogP contribution in [0, 0.1) is 0 Å². The molecule has 0 aliphatic rings. The summed E-state index contributed by atoms with van der Waals surface area (Å²) >= 11 is 4.26. The van der Waals surface area contributed by atoms with E-state index in [2.05, 4.69) is 12.6 Å². The van der Waals surface area contributed by atoms with Crippen LogP contribution in [0.5, 0.6) is 0 Å². The van der Waals surface area contributed by atoms with Gasteiger partial charge in [-0.3, -0.25) is 0 Å². The predicted molar refractivity (Wildman–Crippen MR) is 55.6 cm³/mol. The van der Waals surface area contributed by atoms with Crippen LogP contribution < -0.4 is 0 Å². The van der Waals surface area contributed by atoms with Gasteiger partial charge in [0.1, 0.15) is 0 Å². The molecule has 1 atom stereocenters. The lowest BCUT2D eigenvalue weighted by atomic mass is 10.1. The lowest BCUT2D eigenvalue weighted by Crippen LogP contribution is -1.99. The van der Waals surface area contributed by atoms with Crippen molar-refractivity contribution in [2.75, 3.05) is 0 Å². The Morgan fingerprint density at radius 2 is 2.00 bits per heavy atom. The number of benzene rings is 1. The summed E-state index contributed by atoms with van der Waals surface area (Å²) in [5.41, 5.74) is 1.45. The molecule has 70 valence electrons. The second kappa shape index (κ2) is 4.33. The van der Waals surface area contributed by atoms with Gasteiger partial charge >= 0.3 is 5.97 Å². The number of aromatic carboxylic acids is 1. The zero-order valence-corrected chi connectivity index (χ0v) is 8.29. The maximum absolute atomic E-state index is 10.5. The Morgan fingerprint density at radius 1 is 1.46 bits per heavy atom. The summed E-state index contributed by atoms with van der Waals surface area (Å²) in [5, 5.41) is 8.94. The highest BCUT2D eigenvalue weighted by Gasteiger charge is 2.02. The van der Waals surface area contributed by atoms with Crippen molar-refractivity contribution in [2.24, 2.45) is 0 Å². The molecular formula is C10H12O2S. The van der Waals surface area contributed by atoms with Gasteiger partial charge in [-0.2, -0.15) is 12.6 Å². The average molecular weight is 196 g/mol. The van der Waals surface area contributed by atoms with Crippen LogP contribution in [0.1, 0.15) is 22.8 Å². The van der Waals surface area contributed by atoms with Crippen LogP contribution in [0.25, 0.3) is 0 Å². The van der Waals surface area contributed by atoms with Gasteiger partial charge in [-0.15, -0.1) is 0 Å². The molecular weight excluding hydrogens is 184 g/mol. The van der Waals surface area contributed by atoms with Gasteiger partial charge in [0.2, 0.25) is 0 Å². The second-order valence-electron chi connectivity index (χ2n) is 3.06. The molecule has 0 heterocycles. The van der Waals surface area contributed by atoms with Gasteiger partial charge in [0.15, 0.2) is 0 Å². The molecule has 2 nitrogen and oxygen atoms in total. The van der Waals surface area contributed by atoms with Gasteiger partial charge in [-0.05, 0) is 24.1 Å². The van der Waals surface area contributed by atoms with E-state index in [4.69, 9.17) is 5.11 Å². The third kappa shape index (κ3) is 3.11. The maximum atomic E-state index is 10.5. The van der Waals surface area contributed by atoms with Crippen molar-refractivity contribution >= 4 is 18.6 Å². The number of hydrogen-bond acceptors (Lipinski definition) is 2. The summed E-state index contributed by atoms with van der Waals surface area (Å²) in [6, 6.07) is 6.90. The number of carboxylic acid groups (broad SMARTS) is 1. The lowest BCUT2D eigenvalue weighted by molar-refractivity contribution is 0.0697. The highest BCUT2D eigenvalue weighted by atomic mass is 32.1. The van der Waals surface area contributed by atoms with Crippen molar-refractivity contribution in [3.63, 3.8) is 0 Å². The minimum absolute atomic E-state index is 0.302. The predicted octanol–water partition coefficient (Wildman–Crippen LogP) is 2.25. The van der Waals surface area contributed by atoms with E-state index < -0.39 is 5.97 Å². The van der Waals surface area contributed by atoms with Crippen LogP contribution >= 0.6 is 12.6 Å². The number of rotatable bonds is 3. The molecule has 13 heavy (non-hydrogen) atoms. The Labute approximate surface area is 83.0 Å². The van der Waals surface area contributed by atoms with Crippen LogP contribution in [0.3, 0.4) is 0 Å². The van der Waals surface area contributed by atoms with E-state index in [0.717, 1.165) is 12.0 Å². The van der Waals surface area contributed by atoms with E-state index in [-0.39, 0.29) is 0 Å². The van der Waals surface area contributed by atoms with Gasteiger partial charge < -0.3 is 5.11 Å². The lowest BCUT2D eigenvalue weighted by Gasteiger charge is -2.03. The molecule has 1 N–H and O–H groups in total. The molecule has 1 unspecified atom stereocenters. The third-order valence-electron chi connectivity index (χ3n) is 1.73. The van der Waals surface area contributed by atoms with E-state index >= 15 is 0 Å². The number of hydrogen-bond donors (Lipinski definition) is 2. The molecule has 1 rings (SSSR count). The van der Waals surface area contributed by atoms with E-state index in [9.17, 15) is 4.79 Å². The first-order chi connectivity index (χ1) is 6.09. The smallest absolute Gasteiger partial charge is 0.335 e. The Balaban J connectivity index is 2.75. The van der Waals surface area contributed by atoms with Crippen molar-refractivity contribution in [1.82, 2.24) is 0 Å². The number of carbonyl (C=O) groups is 1. The Bertz CT molecular complexity index is 290. The van der Waals surface area contributed by atoms with E-state index in [0.29, 0.717) is 10.8 Å². The molecule has 0 bridgehead atoms. The molecule has 0 radical (unpaired) electrons. The highest BCUT2D eigenvalue weighted by molar-refractivity contribution is 7.80. The normalized spacial score (nSPS) is 12.5. The highest BCUT2D eigenvalue weighted by Crippen LogP contribution is 2.09. The topological polar surface area (TPSA) is 37.3 Å². The van der Waals surface area contributed by atoms with Crippen molar-refractivity contribution < 1.29 is 9.90 Å². The molecule has 0 aliphatic carbocycles. The Kier molecular flexibility index (Phi) is 3.37. The molecule has 3 heteroatoms.